The lowest BCUT2D eigenvalue weighted by Gasteiger charge is -2.14. The van der Waals surface area contributed by atoms with Crippen LogP contribution in [-0.4, -0.2) is 37.8 Å². The lowest BCUT2D eigenvalue weighted by atomic mass is 10.1. The van der Waals surface area contributed by atoms with Gasteiger partial charge in [0.05, 0.1) is 6.10 Å². The van der Waals surface area contributed by atoms with Crippen molar-refractivity contribution >= 4 is 11.6 Å². The molecule has 0 aromatic heterocycles. The number of anilines is 1. The lowest BCUT2D eigenvalue weighted by molar-refractivity contribution is 0.0916. The summed E-state index contributed by atoms with van der Waals surface area (Å²) in [6.45, 7) is 0.239. The van der Waals surface area contributed by atoms with E-state index in [4.69, 9.17) is 0 Å². The standard InChI is InChI=1S/C18H22N2O2/c1-20(2)16-10-8-15(9-11-16)18(22)19-13-17(21)12-14-6-4-3-5-7-14/h3-11,17,21H,12-13H2,1-2H3,(H,19,22). The summed E-state index contributed by atoms with van der Waals surface area (Å²) in [5.41, 5.74) is 2.69. The Morgan fingerprint density at radius 1 is 1.09 bits per heavy atom. The number of carbonyl (C=O) groups excluding carboxylic acids is 1. The minimum Gasteiger partial charge on any atom is -0.391 e. The minimum atomic E-state index is -0.590. The van der Waals surface area contributed by atoms with Crippen LogP contribution in [0.15, 0.2) is 54.6 Å². The Labute approximate surface area is 131 Å². The molecule has 0 aliphatic rings. The van der Waals surface area contributed by atoms with Gasteiger partial charge in [-0.1, -0.05) is 30.3 Å². The average Bonchev–Trinajstić information content (AvgIpc) is 2.53. The van der Waals surface area contributed by atoms with Crippen LogP contribution >= 0.6 is 0 Å². The summed E-state index contributed by atoms with van der Waals surface area (Å²) in [6.07, 6.45) is -0.0619. The number of hydrogen-bond acceptors (Lipinski definition) is 3. The molecule has 1 atom stereocenters. The van der Waals surface area contributed by atoms with E-state index in [0.29, 0.717) is 12.0 Å². The lowest BCUT2D eigenvalue weighted by Crippen LogP contribution is -2.33. The topological polar surface area (TPSA) is 52.6 Å². The molecule has 22 heavy (non-hydrogen) atoms. The van der Waals surface area contributed by atoms with Gasteiger partial charge in [-0.3, -0.25) is 4.79 Å². The van der Waals surface area contributed by atoms with E-state index in [1.165, 1.54) is 0 Å². The first-order valence-corrected chi connectivity index (χ1v) is 7.34. The van der Waals surface area contributed by atoms with Crippen molar-refractivity contribution in [3.8, 4) is 0 Å². The Morgan fingerprint density at radius 2 is 1.73 bits per heavy atom. The van der Waals surface area contributed by atoms with Crippen molar-refractivity contribution < 1.29 is 9.90 Å². The summed E-state index contributed by atoms with van der Waals surface area (Å²) in [7, 11) is 3.91. The summed E-state index contributed by atoms with van der Waals surface area (Å²) in [6, 6.07) is 17.1. The number of amides is 1. The molecule has 0 heterocycles. The largest absolute Gasteiger partial charge is 0.391 e. The number of nitrogens with one attached hydrogen (secondary N) is 1. The maximum atomic E-state index is 12.0. The van der Waals surface area contributed by atoms with Crippen LogP contribution in [0.25, 0.3) is 0 Å². The number of aliphatic hydroxyl groups excluding tert-OH is 1. The highest BCUT2D eigenvalue weighted by Crippen LogP contribution is 2.12. The zero-order valence-corrected chi connectivity index (χ0v) is 13.0. The maximum absolute atomic E-state index is 12.0. The first kappa shape index (κ1) is 16.0. The van der Waals surface area contributed by atoms with E-state index in [1.807, 2.05) is 61.5 Å². The van der Waals surface area contributed by atoms with Gasteiger partial charge in [0.2, 0.25) is 0 Å². The molecule has 0 radical (unpaired) electrons. The van der Waals surface area contributed by atoms with E-state index in [0.717, 1.165) is 11.3 Å². The van der Waals surface area contributed by atoms with Crippen LogP contribution in [0.3, 0.4) is 0 Å². The molecule has 2 N–H and O–H groups in total. The van der Waals surface area contributed by atoms with Crippen molar-refractivity contribution in [2.75, 3.05) is 25.5 Å². The number of carbonyl (C=O) groups is 1. The molecular weight excluding hydrogens is 276 g/mol. The van der Waals surface area contributed by atoms with Gasteiger partial charge in [0.1, 0.15) is 0 Å². The number of nitrogens with zero attached hydrogens (tertiary/aromatic N) is 1. The smallest absolute Gasteiger partial charge is 0.251 e. The van der Waals surface area contributed by atoms with Gasteiger partial charge in [-0.05, 0) is 29.8 Å². The SMILES string of the molecule is CN(C)c1ccc(C(=O)NCC(O)Cc2ccccc2)cc1. The van der Waals surface area contributed by atoms with Gasteiger partial charge in [0.15, 0.2) is 0 Å². The average molecular weight is 298 g/mol. The van der Waals surface area contributed by atoms with E-state index in [2.05, 4.69) is 5.32 Å². The third kappa shape index (κ3) is 4.60. The van der Waals surface area contributed by atoms with Gasteiger partial charge in [0, 0.05) is 38.3 Å². The Balaban J connectivity index is 1.84. The second-order valence-electron chi connectivity index (χ2n) is 5.49. The maximum Gasteiger partial charge on any atom is 0.251 e. The van der Waals surface area contributed by atoms with Gasteiger partial charge >= 0.3 is 0 Å². The van der Waals surface area contributed by atoms with E-state index < -0.39 is 6.10 Å². The van der Waals surface area contributed by atoms with Crippen molar-refractivity contribution in [3.05, 3.63) is 65.7 Å². The molecule has 4 nitrogen and oxygen atoms in total. The fourth-order valence-corrected chi connectivity index (χ4v) is 2.18. The number of hydrogen-bond donors (Lipinski definition) is 2. The summed E-state index contributed by atoms with van der Waals surface area (Å²) in [4.78, 5) is 14.0. The van der Waals surface area contributed by atoms with E-state index in [-0.39, 0.29) is 12.5 Å². The Kier molecular flexibility index (Phi) is 5.55. The van der Waals surface area contributed by atoms with Crippen molar-refractivity contribution in [2.24, 2.45) is 0 Å². The molecule has 0 aliphatic carbocycles. The molecule has 4 heteroatoms. The highest BCUT2D eigenvalue weighted by atomic mass is 16.3. The Bertz CT molecular complexity index is 594. The van der Waals surface area contributed by atoms with Crippen LogP contribution in [-0.2, 0) is 6.42 Å². The highest BCUT2D eigenvalue weighted by molar-refractivity contribution is 5.94. The van der Waals surface area contributed by atoms with Gasteiger partial charge in [-0.2, -0.15) is 0 Å². The molecule has 2 aromatic rings. The quantitative estimate of drug-likeness (QED) is 0.858. The second-order valence-corrected chi connectivity index (χ2v) is 5.49. The zero-order chi connectivity index (χ0) is 15.9. The monoisotopic (exact) mass is 298 g/mol. The molecule has 1 amide bonds. The van der Waals surface area contributed by atoms with Gasteiger partial charge in [-0.15, -0.1) is 0 Å². The van der Waals surface area contributed by atoms with Crippen molar-refractivity contribution in [3.63, 3.8) is 0 Å². The molecule has 0 fully saturated rings. The molecule has 0 spiro atoms. The first-order valence-electron chi connectivity index (χ1n) is 7.34. The third-order valence-electron chi connectivity index (χ3n) is 3.46. The summed E-state index contributed by atoms with van der Waals surface area (Å²) in [5, 5.41) is 12.8. The molecule has 0 saturated carbocycles. The van der Waals surface area contributed by atoms with Gasteiger partial charge in [-0.25, -0.2) is 0 Å². The predicted octanol–water partition coefficient (Wildman–Crippen LogP) is 2.09. The molecule has 116 valence electrons. The van der Waals surface area contributed by atoms with E-state index >= 15 is 0 Å². The second kappa shape index (κ2) is 7.61. The number of benzene rings is 2. The normalized spacial score (nSPS) is 11.8. The van der Waals surface area contributed by atoms with Crippen LogP contribution in [0.5, 0.6) is 0 Å². The molecule has 1 unspecified atom stereocenters. The highest BCUT2D eigenvalue weighted by Gasteiger charge is 2.10. The fourth-order valence-electron chi connectivity index (χ4n) is 2.18. The molecule has 2 aromatic carbocycles. The molecule has 0 bridgehead atoms. The van der Waals surface area contributed by atoms with Crippen LogP contribution in [0.4, 0.5) is 5.69 Å². The van der Waals surface area contributed by atoms with Gasteiger partial charge < -0.3 is 15.3 Å². The summed E-state index contributed by atoms with van der Waals surface area (Å²) in [5.74, 6) is -0.169. The van der Waals surface area contributed by atoms with Crippen molar-refractivity contribution in [2.45, 2.75) is 12.5 Å². The number of aliphatic hydroxyl groups is 1. The minimum absolute atomic E-state index is 0.169. The summed E-state index contributed by atoms with van der Waals surface area (Å²) < 4.78 is 0. The third-order valence-corrected chi connectivity index (χ3v) is 3.46. The Hall–Kier alpha value is -2.33. The zero-order valence-electron chi connectivity index (χ0n) is 13.0. The van der Waals surface area contributed by atoms with E-state index in [1.54, 1.807) is 12.1 Å². The predicted molar refractivity (Wildman–Crippen MR) is 89.3 cm³/mol. The Morgan fingerprint density at radius 3 is 2.32 bits per heavy atom. The number of rotatable bonds is 6. The van der Waals surface area contributed by atoms with Crippen LogP contribution in [0.1, 0.15) is 15.9 Å². The molecule has 0 saturated heterocycles. The van der Waals surface area contributed by atoms with Gasteiger partial charge in [0.25, 0.3) is 5.91 Å². The van der Waals surface area contributed by atoms with E-state index in [9.17, 15) is 9.90 Å². The summed E-state index contributed by atoms with van der Waals surface area (Å²) >= 11 is 0. The van der Waals surface area contributed by atoms with Crippen LogP contribution < -0.4 is 10.2 Å². The van der Waals surface area contributed by atoms with Crippen LogP contribution in [0.2, 0.25) is 0 Å². The molecular formula is C18H22N2O2. The molecule has 2 rings (SSSR count). The fraction of sp³-hybridized carbons (Fsp3) is 0.278. The van der Waals surface area contributed by atoms with Crippen molar-refractivity contribution in [1.29, 1.82) is 0 Å². The first-order chi connectivity index (χ1) is 10.6. The van der Waals surface area contributed by atoms with Crippen LogP contribution in [0, 0.1) is 0 Å². The van der Waals surface area contributed by atoms with Crippen molar-refractivity contribution in [1.82, 2.24) is 5.32 Å². The molecule has 0 aliphatic heterocycles.